The third-order valence-corrected chi connectivity index (χ3v) is 6.09. The van der Waals surface area contributed by atoms with E-state index in [4.69, 9.17) is 19.0 Å². The Kier molecular flexibility index (Phi) is 11.7. The number of ether oxygens (including phenoxy) is 3. The summed E-state index contributed by atoms with van der Waals surface area (Å²) in [6, 6.07) is 8.91. The number of aliphatic carboxylic acids is 1. The zero-order valence-corrected chi connectivity index (χ0v) is 23.7. The number of hydroxylamine groups is 2. The molecule has 1 aromatic heterocycles. The van der Waals surface area contributed by atoms with Gasteiger partial charge in [0.25, 0.3) is 5.91 Å². The molecule has 2 atom stereocenters. The highest BCUT2D eigenvalue weighted by molar-refractivity contribution is 5.96. The van der Waals surface area contributed by atoms with Crippen molar-refractivity contribution in [2.45, 2.75) is 45.8 Å². The molecule has 1 aromatic carbocycles. The molecule has 2 amide bonds. The number of benzene rings is 1. The monoisotopic (exact) mass is 589 g/mol. The minimum Gasteiger partial charge on any atom is -0.481 e. The Hall–Kier alpha value is -4.66. The highest BCUT2D eigenvalue weighted by Gasteiger charge is 2.31. The molecule has 2 aromatic rings. The van der Waals surface area contributed by atoms with E-state index in [1.54, 1.807) is 44.2 Å². The Morgan fingerprint density at radius 2 is 1.67 bits per heavy atom. The van der Waals surface area contributed by atoms with Crippen LogP contribution in [0.2, 0.25) is 0 Å². The van der Waals surface area contributed by atoms with Crippen molar-refractivity contribution < 1.29 is 48.1 Å². The van der Waals surface area contributed by atoms with E-state index in [1.807, 2.05) is 0 Å². The standard InChI is InChI=1S/C27H35N5O10/c1-4-39-26(37)18(3)41-22-17-21(29-32(22)19-9-7-6-8-10-19)24(35)28-20(11-12-23(33)34)25(36)30-13-15-31(16-14-30)42-27(38)40-5-2/h6-10,17-18,20H,4-5,11-16H2,1-3H3,(H,28,35)(H,33,34)/t18-,20?/m0/s1. The maximum atomic E-state index is 13.4. The van der Waals surface area contributed by atoms with Gasteiger partial charge in [-0.15, -0.1) is 5.06 Å². The van der Waals surface area contributed by atoms with Gasteiger partial charge in [-0.1, -0.05) is 18.2 Å². The van der Waals surface area contributed by atoms with Gasteiger partial charge in [0.1, 0.15) is 6.04 Å². The van der Waals surface area contributed by atoms with E-state index in [1.165, 1.54) is 27.6 Å². The van der Waals surface area contributed by atoms with Crippen LogP contribution in [-0.2, 0) is 28.7 Å². The molecule has 1 saturated heterocycles. The Morgan fingerprint density at radius 1 is 1.00 bits per heavy atom. The normalized spacial score (nSPS) is 14.8. The van der Waals surface area contributed by atoms with Crippen LogP contribution in [0, 0.1) is 0 Å². The second kappa shape index (κ2) is 15.4. The molecule has 0 aliphatic carbocycles. The number of piperazine rings is 1. The first-order chi connectivity index (χ1) is 20.1. The minimum absolute atomic E-state index is 0.0815. The molecular formula is C27H35N5O10. The van der Waals surface area contributed by atoms with Crippen LogP contribution in [0.3, 0.4) is 0 Å². The summed E-state index contributed by atoms with van der Waals surface area (Å²) in [4.78, 5) is 68.2. The van der Waals surface area contributed by atoms with Gasteiger partial charge in [-0.05, 0) is 39.3 Å². The lowest BCUT2D eigenvalue weighted by Crippen LogP contribution is -2.55. The molecule has 15 nitrogen and oxygen atoms in total. The lowest BCUT2D eigenvalue weighted by molar-refractivity contribution is -0.157. The van der Waals surface area contributed by atoms with Gasteiger partial charge < -0.3 is 34.4 Å². The van der Waals surface area contributed by atoms with E-state index < -0.39 is 42.1 Å². The molecule has 228 valence electrons. The summed E-state index contributed by atoms with van der Waals surface area (Å²) in [6.45, 7) is 5.87. The molecule has 0 bridgehead atoms. The summed E-state index contributed by atoms with van der Waals surface area (Å²) in [5, 5.41) is 17.5. The molecule has 2 N–H and O–H groups in total. The topological polar surface area (TPSA) is 179 Å². The van der Waals surface area contributed by atoms with Crippen molar-refractivity contribution in [3.63, 3.8) is 0 Å². The number of amides is 2. The Morgan fingerprint density at radius 3 is 2.29 bits per heavy atom. The van der Waals surface area contributed by atoms with Gasteiger partial charge in [0, 0.05) is 25.6 Å². The zero-order valence-electron chi connectivity index (χ0n) is 23.7. The fraction of sp³-hybridized carbons (Fsp3) is 0.481. The molecule has 15 heteroatoms. The SMILES string of the molecule is CCOC(=O)ON1CCN(C(=O)C(CCC(=O)O)NC(=O)c2cc(O[C@@H](C)C(=O)OCC)n(-c3ccccc3)n2)CC1. The van der Waals surface area contributed by atoms with Gasteiger partial charge in [0.2, 0.25) is 11.8 Å². The summed E-state index contributed by atoms with van der Waals surface area (Å²) >= 11 is 0. The lowest BCUT2D eigenvalue weighted by atomic mass is 10.1. The largest absolute Gasteiger partial charge is 0.527 e. The fourth-order valence-corrected chi connectivity index (χ4v) is 4.03. The number of aromatic nitrogens is 2. The number of carbonyl (C=O) groups excluding carboxylic acids is 4. The van der Waals surface area contributed by atoms with E-state index in [-0.39, 0.29) is 63.8 Å². The number of carboxylic acids is 1. The first kappa shape index (κ1) is 31.9. The van der Waals surface area contributed by atoms with Gasteiger partial charge in [-0.2, -0.15) is 5.10 Å². The van der Waals surface area contributed by atoms with Crippen molar-refractivity contribution in [1.29, 1.82) is 0 Å². The molecular weight excluding hydrogens is 554 g/mol. The molecule has 1 aliphatic rings. The fourth-order valence-electron chi connectivity index (χ4n) is 4.03. The smallest absolute Gasteiger partial charge is 0.481 e. The predicted octanol–water partition coefficient (Wildman–Crippen LogP) is 1.40. The van der Waals surface area contributed by atoms with E-state index in [0.717, 1.165) is 0 Å². The number of nitrogens with one attached hydrogen (secondary N) is 1. The Balaban J connectivity index is 1.76. The quantitative estimate of drug-likeness (QED) is 0.321. The highest BCUT2D eigenvalue weighted by Crippen LogP contribution is 2.21. The average molecular weight is 590 g/mol. The summed E-state index contributed by atoms with van der Waals surface area (Å²) in [6.07, 6.45) is -2.38. The van der Waals surface area contributed by atoms with E-state index in [2.05, 4.69) is 10.4 Å². The van der Waals surface area contributed by atoms with Crippen LogP contribution in [-0.4, -0.2) is 106 Å². The minimum atomic E-state index is -1.17. The third-order valence-electron chi connectivity index (χ3n) is 6.09. The molecule has 3 rings (SSSR count). The van der Waals surface area contributed by atoms with E-state index in [9.17, 15) is 29.1 Å². The summed E-state index contributed by atoms with van der Waals surface area (Å²) in [5.74, 6) is -2.89. The first-order valence-electron chi connectivity index (χ1n) is 13.5. The van der Waals surface area contributed by atoms with Crippen molar-refractivity contribution >= 4 is 29.9 Å². The second-order valence-electron chi connectivity index (χ2n) is 9.11. The molecule has 2 heterocycles. The maximum Gasteiger partial charge on any atom is 0.527 e. The zero-order chi connectivity index (χ0) is 30.6. The number of para-hydroxylation sites is 1. The predicted molar refractivity (Wildman–Crippen MR) is 145 cm³/mol. The van der Waals surface area contributed by atoms with Gasteiger partial charge in [-0.25, -0.2) is 14.3 Å². The molecule has 0 spiro atoms. The maximum absolute atomic E-state index is 13.4. The van der Waals surface area contributed by atoms with Crippen molar-refractivity contribution in [2.24, 2.45) is 0 Å². The van der Waals surface area contributed by atoms with Crippen molar-refractivity contribution in [3.05, 3.63) is 42.1 Å². The van der Waals surface area contributed by atoms with Crippen LogP contribution >= 0.6 is 0 Å². The van der Waals surface area contributed by atoms with Gasteiger partial charge in [-0.3, -0.25) is 14.4 Å². The Bertz CT molecular complexity index is 1240. The number of nitrogens with zero attached hydrogens (tertiary/aromatic N) is 4. The number of hydrogen-bond acceptors (Lipinski definition) is 11. The van der Waals surface area contributed by atoms with Crippen LogP contribution in [0.25, 0.3) is 5.69 Å². The van der Waals surface area contributed by atoms with Crippen molar-refractivity contribution in [3.8, 4) is 11.6 Å². The number of carboxylic acid groups (broad SMARTS) is 1. The molecule has 0 saturated carbocycles. The van der Waals surface area contributed by atoms with E-state index in [0.29, 0.717) is 5.69 Å². The lowest BCUT2D eigenvalue weighted by Gasteiger charge is -2.35. The van der Waals surface area contributed by atoms with Crippen molar-refractivity contribution in [2.75, 3.05) is 39.4 Å². The first-order valence-corrected chi connectivity index (χ1v) is 13.5. The molecule has 0 radical (unpaired) electrons. The van der Waals surface area contributed by atoms with Crippen LogP contribution < -0.4 is 10.1 Å². The molecule has 1 aliphatic heterocycles. The highest BCUT2D eigenvalue weighted by atomic mass is 16.8. The van der Waals surface area contributed by atoms with Gasteiger partial charge >= 0.3 is 18.1 Å². The van der Waals surface area contributed by atoms with Crippen LogP contribution in [0.15, 0.2) is 36.4 Å². The molecule has 42 heavy (non-hydrogen) atoms. The second-order valence-corrected chi connectivity index (χ2v) is 9.11. The van der Waals surface area contributed by atoms with E-state index >= 15 is 0 Å². The third kappa shape index (κ3) is 8.92. The Labute approximate surface area is 242 Å². The summed E-state index contributed by atoms with van der Waals surface area (Å²) in [7, 11) is 0. The van der Waals surface area contributed by atoms with Crippen LogP contribution in [0.5, 0.6) is 5.88 Å². The number of carbonyl (C=O) groups is 5. The van der Waals surface area contributed by atoms with Crippen LogP contribution in [0.1, 0.15) is 44.1 Å². The average Bonchev–Trinajstić information content (AvgIpc) is 3.39. The summed E-state index contributed by atoms with van der Waals surface area (Å²) < 4.78 is 16.9. The molecule has 1 unspecified atom stereocenters. The van der Waals surface area contributed by atoms with Crippen LogP contribution in [0.4, 0.5) is 4.79 Å². The summed E-state index contributed by atoms with van der Waals surface area (Å²) in [5.41, 5.74) is 0.426. The van der Waals surface area contributed by atoms with Gasteiger partial charge in [0.05, 0.1) is 32.0 Å². The van der Waals surface area contributed by atoms with Gasteiger partial charge in [0.15, 0.2) is 11.8 Å². The molecule has 1 fully saturated rings. The number of rotatable bonds is 13. The van der Waals surface area contributed by atoms with Crippen molar-refractivity contribution in [1.82, 2.24) is 25.1 Å². The number of hydrogen-bond donors (Lipinski definition) is 2. The number of esters is 1.